The first-order chi connectivity index (χ1) is 6.68. The highest BCUT2D eigenvalue weighted by Crippen LogP contribution is 2.34. The van der Waals surface area contributed by atoms with Gasteiger partial charge in [-0.05, 0) is 11.5 Å². The molecule has 0 aliphatic rings. The second kappa shape index (κ2) is 3.75. The van der Waals surface area contributed by atoms with Crippen molar-refractivity contribution >= 4 is 5.82 Å². The molecule has 0 spiro atoms. The summed E-state index contributed by atoms with van der Waals surface area (Å²) in [5.74, 6) is 0.317. The van der Waals surface area contributed by atoms with Crippen LogP contribution in [0.5, 0.6) is 0 Å². The topological polar surface area (TPSA) is 43.8 Å². The molecule has 1 rings (SSSR count). The van der Waals surface area contributed by atoms with Crippen LogP contribution in [0, 0.1) is 5.41 Å². The summed E-state index contributed by atoms with van der Waals surface area (Å²) >= 11 is 0. The number of nitrogens with zero attached hydrogens (tertiary/aromatic N) is 2. The van der Waals surface area contributed by atoms with Gasteiger partial charge in [-0.25, -0.2) is 0 Å². The number of hydrogen-bond acceptors (Lipinski definition) is 2. The zero-order valence-electron chi connectivity index (χ0n) is 8.67. The Balaban J connectivity index is 2.64. The second-order valence-corrected chi connectivity index (χ2v) is 4.39. The van der Waals surface area contributed by atoms with Crippen molar-refractivity contribution in [2.45, 2.75) is 33.0 Å². The number of nitrogens with two attached hydrogens (primary N) is 1. The molecule has 0 radical (unpaired) electrons. The van der Waals surface area contributed by atoms with Gasteiger partial charge in [0.15, 0.2) is 0 Å². The van der Waals surface area contributed by atoms with E-state index in [1.54, 1.807) is 26.1 Å². The number of aromatic nitrogens is 2. The van der Waals surface area contributed by atoms with Crippen LogP contribution in [-0.2, 0) is 6.54 Å². The summed E-state index contributed by atoms with van der Waals surface area (Å²) in [5, 5.41) is 3.85. The van der Waals surface area contributed by atoms with Gasteiger partial charge in [0.2, 0.25) is 0 Å². The summed E-state index contributed by atoms with van der Waals surface area (Å²) in [6.07, 6.45) is -3.41. The van der Waals surface area contributed by atoms with Crippen molar-refractivity contribution in [3.05, 3.63) is 12.3 Å². The van der Waals surface area contributed by atoms with Crippen LogP contribution in [0.25, 0.3) is 0 Å². The van der Waals surface area contributed by atoms with Crippen molar-refractivity contribution in [2.24, 2.45) is 5.41 Å². The van der Waals surface area contributed by atoms with E-state index in [9.17, 15) is 13.2 Å². The van der Waals surface area contributed by atoms with Crippen molar-refractivity contribution in [3.63, 3.8) is 0 Å². The summed E-state index contributed by atoms with van der Waals surface area (Å²) in [6.45, 7) is 3.31. The Morgan fingerprint density at radius 3 is 2.40 bits per heavy atom. The van der Waals surface area contributed by atoms with E-state index < -0.39 is 18.0 Å². The molecule has 86 valence electrons. The summed E-state index contributed by atoms with van der Waals surface area (Å²) in [4.78, 5) is 0. The molecule has 0 aromatic carbocycles. The van der Waals surface area contributed by atoms with Crippen LogP contribution in [0.1, 0.15) is 20.3 Å². The predicted molar refractivity (Wildman–Crippen MR) is 51.1 cm³/mol. The highest BCUT2D eigenvalue weighted by molar-refractivity contribution is 5.23. The minimum Gasteiger partial charge on any atom is -0.382 e. The molecule has 1 aromatic heterocycles. The van der Waals surface area contributed by atoms with E-state index in [2.05, 4.69) is 5.10 Å². The third kappa shape index (κ3) is 4.22. The SMILES string of the molecule is CC(C)(Cn1ccc(N)n1)CC(F)(F)F. The van der Waals surface area contributed by atoms with E-state index in [4.69, 9.17) is 5.73 Å². The van der Waals surface area contributed by atoms with E-state index in [0.717, 1.165) is 0 Å². The highest BCUT2D eigenvalue weighted by Gasteiger charge is 2.36. The lowest BCUT2D eigenvalue weighted by atomic mass is 9.89. The fourth-order valence-corrected chi connectivity index (χ4v) is 1.50. The lowest BCUT2D eigenvalue weighted by Crippen LogP contribution is -2.27. The summed E-state index contributed by atoms with van der Waals surface area (Å²) in [7, 11) is 0. The van der Waals surface area contributed by atoms with Crippen LogP contribution in [-0.4, -0.2) is 16.0 Å². The molecule has 0 saturated heterocycles. The van der Waals surface area contributed by atoms with Crippen LogP contribution < -0.4 is 5.73 Å². The molecular weight excluding hydrogens is 207 g/mol. The fraction of sp³-hybridized carbons (Fsp3) is 0.667. The van der Waals surface area contributed by atoms with Gasteiger partial charge in [0, 0.05) is 12.7 Å². The number of alkyl halides is 3. The van der Waals surface area contributed by atoms with Crippen LogP contribution in [0.4, 0.5) is 19.0 Å². The van der Waals surface area contributed by atoms with Gasteiger partial charge in [-0.3, -0.25) is 4.68 Å². The van der Waals surface area contributed by atoms with E-state index in [0.29, 0.717) is 5.82 Å². The smallest absolute Gasteiger partial charge is 0.382 e. The zero-order chi connectivity index (χ0) is 11.7. The maximum Gasteiger partial charge on any atom is 0.389 e. The van der Waals surface area contributed by atoms with Crippen LogP contribution >= 0.6 is 0 Å². The standard InChI is InChI=1S/C9H14F3N3/c1-8(2,5-9(10,11)12)6-15-4-3-7(13)14-15/h3-4H,5-6H2,1-2H3,(H2,13,14). The van der Waals surface area contributed by atoms with Gasteiger partial charge in [-0.1, -0.05) is 13.8 Å². The van der Waals surface area contributed by atoms with Crippen molar-refractivity contribution in [2.75, 3.05) is 5.73 Å². The molecular formula is C9H14F3N3. The minimum atomic E-state index is -4.15. The molecule has 0 unspecified atom stereocenters. The fourth-order valence-electron chi connectivity index (χ4n) is 1.50. The molecule has 0 saturated carbocycles. The van der Waals surface area contributed by atoms with Crippen molar-refractivity contribution in [1.82, 2.24) is 9.78 Å². The van der Waals surface area contributed by atoms with E-state index >= 15 is 0 Å². The second-order valence-electron chi connectivity index (χ2n) is 4.39. The van der Waals surface area contributed by atoms with Gasteiger partial charge < -0.3 is 5.73 Å². The molecule has 0 aliphatic heterocycles. The first-order valence-electron chi connectivity index (χ1n) is 4.54. The average Bonchev–Trinajstić information content (AvgIpc) is 2.27. The van der Waals surface area contributed by atoms with Gasteiger partial charge in [0.1, 0.15) is 5.82 Å². The molecule has 15 heavy (non-hydrogen) atoms. The largest absolute Gasteiger partial charge is 0.389 e. The molecule has 0 atom stereocenters. The number of anilines is 1. The van der Waals surface area contributed by atoms with Crippen molar-refractivity contribution < 1.29 is 13.2 Å². The maximum atomic E-state index is 12.2. The summed E-state index contributed by atoms with van der Waals surface area (Å²) < 4.78 is 38.0. The summed E-state index contributed by atoms with van der Waals surface area (Å²) in [6, 6.07) is 1.56. The van der Waals surface area contributed by atoms with Gasteiger partial charge in [0.25, 0.3) is 0 Å². The molecule has 6 heteroatoms. The van der Waals surface area contributed by atoms with Gasteiger partial charge >= 0.3 is 6.18 Å². The van der Waals surface area contributed by atoms with Gasteiger partial charge in [0.05, 0.1) is 6.42 Å². The minimum absolute atomic E-state index is 0.198. The molecule has 0 aliphatic carbocycles. The van der Waals surface area contributed by atoms with Gasteiger partial charge in [-0.2, -0.15) is 18.3 Å². The Kier molecular flexibility index (Phi) is 2.97. The van der Waals surface area contributed by atoms with Gasteiger partial charge in [-0.15, -0.1) is 0 Å². The Morgan fingerprint density at radius 1 is 1.40 bits per heavy atom. The average molecular weight is 221 g/mol. The molecule has 0 fully saturated rings. The Hall–Kier alpha value is -1.20. The van der Waals surface area contributed by atoms with E-state index in [1.165, 1.54) is 4.68 Å². The molecule has 2 N–H and O–H groups in total. The lowest BCUT2D eigenvalue weighted by molar-refractivity contribution is -0.156. The number of rotatable bonds is 3. The lowest BCUT2D eigenvalue weighted by Gasteiger charge is -2.25. The van der Waals surface area contributed by atoms with Crippen LogP contribution in [0.3, 0.4) is 0 Å². The van der Waals surface area contributed by atoms with E-state index in [-0.39, 0.29) is 6.54 Å². The number of hydrogen-bond donors (Lipinski definition) is 1. The van der Waals surface area contributed by atoms with Crippen LogP contribution in [0.15, 0.2) is 12.3 Å². The molecule has 1 aromatic rings. The molecule has 0 amide bonds. The first-order valence-corrected chi connectivity index (χ1v) is 4.54. The predicted octanol–water partition coefficient (Wildman–Crippen LogP) is 2.44. The third-order valence-corrected chi connectivity index (χ3v) is 1.93. The molecule has 0 bridgehead atoms. The summed E-state index contributed by atoms with van der Waals surface area (Å²) in [5.41, 5.74) is 4.49. The first kappa shape index (κ1) is 11.9. The molecule has 3 nitrogen and oxygen atoms in total. The Labute approximate surface area is 86.1 Å². The quantitative estimate of drug-likeness (QED) is 0.851. The Bertz CT molecular complexity index is 328. The third-order valence-electron chi connectivity index (χ3n) is 1.93. The zero-order valence-corrected chi connectivity index (χ0v) is 8.67. The Morgan fingerprint density at radius 2 is 2.00 bits per heavy atom. The maximum absolute atomic E-state index is 12.2. The van der Waals surface area contributed by atoms with Crippen molar-refractivity contribution in [3.8, 4) is 0 Å². The monoisotopic (exact) mass is 221 g/mol. The highest BCUT2D eigenvalue weighted by atomic mass is 19.4. The van der Waals surface area contributed by atoms with Crippen molar-refractivity contribution in [1.29, 1.82) is 0 Å². The molecule has 1 heterocycles. The number of nitrogen functional groups attached to an aromatic ring is 1. The number of halogens is 3. The van der Waals surface area contributed by atoms with E-state index in [1.807, 2.05) is 0 Å². The normalized spacial score (nSPS) is 13.1. The van der Waals surface area contributed by atoms with Crippen LogP contribution in [0.2, 0.25) is 0 Å².